The van der Waals surface area contributed by atoms with Crippen molar-refractivity contribution in [1.82, 2.24) is 9.97 Å². The molecule has 174 valence electrons. The van der Waals surface area contributed by atoms with E-state index in [1.165, 1.54) is 40.6 Å². The zero-order valence-corrected chi connectivity index (χ0v) is 19.4. The van der Waals surface area contributed by atoms with E-state index in [2.05, 4.69) is 20.6 Å². The van der Waals surface area contributed by atoms with Crippen molar-refractivity contribution in [2.45, 2.75) is 0 Å². The van der Waals surface area contributed by atoms with Crippen molar-refractivity contribution >= 4 is 51.9 Å². The second kappa shape index (κ2) is 10.3. The lowest BCUT2D eigenvalue weighted by atomic mass is 10.2. The van der Waals surface area contributed by atoms with Crippen LogP contribution in [0.25, 0.3) is 0 Å². The summed E-state index contributed by atoms with van der Waals surface area (Å²) in [5, 5.41) is 18.3. The van der Waals surface area contributed by atoms with E-state index in [1.54, 1.807) is 12.1 Å². The van der Waals surface area contributed by atoms with Crippen molar-refractivity contribution in [2.24, 2.45) is 0 Å². The molecule has 0 atom stereocenters. The Kier molecular flexibility index (Phi) is 7.46. The molecule has 0 aliphatic heterocycles. The highest BCUT2D eigenvalue weighted by Gasteiger charge is 2.25. The summed E-state index contributed by atoms with van der Waals surface area (Å²) in [7, 11) is 5.80. The minimum Gasteiger partial charge on any atom is -0.495 e. The molecule has 0 aliphatic rings. The van der Waals surface area contributed by atoms with Crippen molar-refractivity contribution in [3.63, 3.8) is 0 Å². The number of hydrogen-bond acceptors (Lipinski definition) is 10. The average Bonchev–Trinajstić information content (AvgIpc) is 2.79. The highest BCUT2D eigenvalue weighted by atomic mass is 35.5. The van der Waals surface area contributed by atoms with Gasteiger partial charge in [-0.15, -0.1) is 0 Å². The molecule has 13 heteroatoms. The van der Waals surface area contributed by atoms with E-state index in [0.717, 1.165) is 6.33 Å². The van der Waals surface area contributed by atoms with Gasteiger partial charge < -0.3 is 29.6 Å². The van der Waals surface area contributed by atoms with Gasteiger partial charge in [-0.05, 0) is 12.1 Å². The molecule has 0 aliphatic carbocycles. The number of halogens is 2. The first-order valence-corrected chi connectivity index (χ1v) is 9.95. The Bertz CT molecular complexity index is 1110. The van der Waals surface area contributed by atoms with E-state index in [-0.39, 0.29) is 21.7 Å². The van der Waals surface area contributed by atoms with Gasteiger partial charge in [0, 0.05) is 12.1 Å². The molecular formula is C20H19Cl2N5O6. The van der Waals surface area contributed by atoms with Crippen molar-refractivity contribution in [2.75, 3.05) is 39.1 Å². The van der Waals surface area contributed by atoms with E-state index in [0.29, 0.717) is 34.4 Å². The van der Waals surface area contributed by atoms with Crippen LogP contribution in [0.5, 0.6) is 23.0 Å². The van der Waals surface area contributed by atoms with E-state index in [9.17, 15) is 10.1 Å². The summed E-state index contributed by atoms with van der Waals surface area (Å²) < 4.78 is 21.0. The predicted octanol–water partition coefficient (Wildman–Crippen LogP) is 5.21. The Balaban J connectivity index is 2.06. The minimum atomic E-state index is -0.625. The maximum absolute atomic E-state index is 12.0. The van der Waals surface area contributed by atoms with Gasteiger partial charge in [0.2, 0.25) is 11.6 Å². The van der Waals surface area contributed by atoms with Crippen LogP contribution in [0.2, 0.25) is 10.0 Å². The number of nitrogens with one attached hydrogen (secondary N) is 2. The highest BCUT2D eigenvalue weighted by Crippen LogP contribution is 2.42. The maximum atomic E-state index is 12.0. The van der Waals surface area contributed by atoms with Gasteiger partial charge in [-0.3, -0.25) is 10.1 Å². The molecule has 3 aromatic rings. The summed E-state index contributed by atoms with van der Waals surface area (Å²) >= 11 is 12.4. The molecule has 0 amide bonds. The van der Waals surface area contributed by atoms with Gasteiger partial charge in [0.1, 0.15) is 29.3 Å². The number of aromatic nitrogens is 2. The number of nitro groups is 1. The molecule has 0 radical (unpaired) electrons. The molecule has 0 fully saturated rings. The SMILES string of the molecule is COc1cc(OC)c(Nc2ncnc(Nc3cc(Cl)c(OC)cc3OC)c2[N+](=O)[O-])cc1Cl. The molecule has 1 aromatic heterocycles. The number of nitrogens with zero attached hydrogens (tertiary/aromatic N) is 3. The van der Waals surface area contributed by atoms with Gasteiger partial charge in [0.25, 0.3) is 0 Å². The van der Waals surface area contributed by atoms with Crippen LogP contribution in [0.15, 0.2) is 30.6 Å². The van der Waals surface area contributed by atoms with Gasteiger partial charge in [0.15, 0.2) is 0 Å². The van der Waals surface area contributed by atoms with Crippen LogP contribution in [0, 0.1) is 10.1 Å². The average molecular weight is 496 g/mol. The third-order valence-electron chi connectivity index (χ3n) is 4.46. The summed E-state index contributed by atoms with van der Waals surface area (Å²) in [5.74, 6) is 1.22. The molecule has 0 unspecified atom stereocenters. The Hall–Kier alpha value is -3.70. The fourth-order valence-electron chi connectivity index (χ4n) is 2.91. The number of hydrogen-bond donors (Lipinski definition) is 2. The standard InChI is InChI=1S/C20H19Cl2N5O6/c1-30-14-7-16(32-3)12(5-10(14)21)25-19-18(27(28)29)20(24-9-23-19)26-13-6-11(22)15(31-2)8-17(13)33-4/h5-9H,1-4H3,(H2,23,24,25,26). The summed E-state index contributed by atoms with van der Waals surface area (Å²) in [5.41, 5.74) is 0.239. The van der Waals surface area contributed by atoms with Crippen LogP contribution in [0.3, 0.4) is 0 Å². The number of rotatable bonds is 9. The van der Waals surface area contributed by atoms with Gasteiger partial charge in [0.05, 0.1) is 54.8 Å². The van der Waals surface area contributed by atoms with Crippen molar-refractivity contribution in [1.29, 1.82) is 0 Å². The molecule has 0 spiro atoms. The lowest BCUT2D eigenvalue weighted by Gasteiger charge is -2.15. The fraction of sp³-hybridized carbons (Fsp3) is 0.200. The Morgan fingerprint density at radius 3 is 1.48 bits per heavy atom. The quantitative estimate of drug-likeness (QED) is 0.301. The zero-order chi connectivity index (χ0) is 24.1. The Morgan fingerprint density at radius 2 is 1.15 bits per heavy atom. The van der Waals surface area contributed by atoms with Crippen LogP contribution in [0.1, 0.15) is 0 Å². The van der Waals surface area contributed by atoms with Crippen molar-refractivity contribution in [3.05, 3.63) is 50.8 Å². The van der Waals surface area contributed by atoms with Crippen molar-refractivity contribution < 1.29 is 23.9 Å². The molecule has 0 bridgehead atoms. The topological polar surface area (TPSA) is 130 Å². The van der Waals surface area contributed by atoms with Gasteiger partial charge in [-0.25, -0.2) is 9.97 Å². The zero-order valence-electron chi connectivity index (χ0n) is 17.9. The number of ether oxygens (including phenoxy) is 4. The molecular weight excluding hydrogens is 477 g/mol. The van der Waals surface area contributed by atoms with Crippen LogP contribution in [-0.4, -0.2) is 43.3 Å². The van der Waals surface area contributed by atoms with Crippen LogP contribution >= 0.6 is 23.2 Å². The van der Waals surface area contributed by atoms with Crippen molar-refractivity contribution in [3.8, 4) is 23.0 Å². The van der Waals surface area contributed by atoms with Crippen LogP contribution in [0.4, 0.5) is 28.7 Å². The van der Waals surface area contributed by atoms with Gasteiger partial charge in [-0.2, -0.15) is 0 Å². The lowest BCUT2D eigenvalue weighted by molar-refractivity contribution is -0.383. The molecule has 1 heterocycles. The summed E-state index contributed by atoms with van der Waals surface area (Å²) in [6.07, 6.45) is 1.16. The van der Waals surface area contributed by atoms with E-state index < -0.39 is 10.6 Å². The monoisotopic (exact) mass is 495 g/mol. The minimum absolute atomic E-state index is 0.101. The van der Waals surface area contributed by atoms with Gasteiger partial charge in [-0.1, -0.05) is 23.2 Å². The molecule has 2 aromatic carbocycles. The van der Waals surface area contributed by atoms with E-state index in [1.807, 2.05) is 0 Å². The lowest BCUT2D eigenvalue weighted by Crippen LogP contribution is -2.07. The summed E-state index contributed by atoms with van der Waals surface area (Å²) in [6.45, 7) is 0. The maximum Gasteiger partial charge on any atom is 0.353 e. The second-order valence-corrected chi connectivity index (χ2v) is 7.12. The first kappa shape index (κ1) is 24.0. The number of benzene rings is 2. The van der Waals surface area contributed by atoms with Crippen LogP contribution < -0.4 is 29.6 Å². The number of methoxy groups -OCH3 is 4. The molecule has 33 heavy (non-hydrogen) atoms. The van der Waals surface area contributed by atoms with Crippen LogP contribution in [-0.2, 0) is 0 Å². The fourth-order valence-corrected chi connectivity index (χ4v) is 3.39. The van der Waals surface area contributed by atoms with E-state index >= 15 is 0 Å². The molecule has 2 N–H and O–H groups in total. The predicted molar refractivity (Wildman–Crippen MR) is 124 cm³/mol. The first-order chi connectivity index (χ1) is 15.8. The third-order valence-corrected chi connectivity index (χ3v) is 5.05. The summed E-state index contributed by atoms with van der Waals surface area (Å²) in [4.78, 5) is 19.4. The van der Waals surface area contributed by atoms with Gasteiger partial charge >= 0.3 is 5.69 Å². The molecule has 0 saturated carbocycles. The second-order valence-electron chi connectivity index (χ2n) is 6.30. The number of anilines is 4. The Morgan fingerprint density at radius 1 is 0.758 bits per heavy atom. The molecule has 3 rings (SSSR count). The van der Waals surface area contributed by atoms with E-state index in [4.69, 9.17) is 42.1 Å². The molecule has 0 saturated heterocycles. The Labute approximate surface area is 198 Å². The third kappa shape index (κ3) is 5.04. The largest absolute Gasteiger partial charge is 0.495 e. The first-order valence-electron chi connectivity index (χ1n) is 9.19. The smallest absolute Gasteiger partial charge is 0.353 e. The summed E-state index contributed by atoms with van der Waals surface area (Å²) in [6, 6.07) is 6.09. The molecule has 11 nitrogen and oxygen atoms in total. The highest BCUT2D eigenvalue weighted by molar-refractivity contribution is 6.32. The normalized spacial score (nSPS) is 10.4.